The van der Waals surface area contributed by atoms with Crippen molar-refractivity contribution in [2.45, 2.75) is 19.4 Å². The Kier molecular flexibility index (Phi) is 4.20. The van der Waals surface area contributed by atoms with Crippen LogP contribution in [0.15, 0.2) is 24.3 Å². The van der Waals surface area contributed by atoms with Crippen LogP contribution in [0.4, 0.5) is 5.69 Å². The molecule has 0 radical (unpaired) electrons. The molecule has 4 nitrogen and oxygen atoms in total. The number of piperazine rings is 1. The van der Waals surface area contributed by atoms with E-state index in [1.165, 1.54) is 7.11 Å². The fraction of sp³-hybridized carbons (Fsp3) is 0.500. The largest absolute Gasteiger partial charge is 0.465 e. The topological polar surface area (TPSA) is 41.6 Å². The summed E-state index contributed by atoms with van der Waals surface area (Å²) in [5.74, 6) is -0.265. The van der Waals surface area contributed by atoms with Gasteiger partial charge in [0.05, 0.1) is 18.4 Å². The third kappa shape index (κ3) is 2.48. The molecule has 1 fully saturated rings. The van der Waals surface area contributed by atoms with Crippen LogP contribution in [-0.4, -0.2) is 38.8 Å². The van der Waals surface area contributed by atoms with Crippen LogP contribution >= 0.6 is 0 Å². The summed E-state index contributed by atoms with van der Waals surface area (Å²) in [5.41, 5.74) is 1.64. The maximum Gasteiger partial charge on any atom is 0.339 e. The second-order valence-corrected chi connectivity index (χ2v) is 4.47. The van der Waals surface area contributed by atoms with Crippen LogP contribution in [0.2, 0.25) is 0 Å². The van der Waals surface area contributed by atoms with Gasteiger partial charge in [-0.15, -0.1) is 0 Å². The molecule has 1 aromatic rings. The molecule has 1 aliphatic heterocycles. The Morgan fingerprint density at radius 3 is 3.00 bits per heavy atom. The molecule has 1 heterocycles. The summed E-state index contributed by atoms with van der Waals surface area (Å²) in [5, 5.41) is 3.39. The number of rotatable bonds is 3. The molecular weight excluding hydrogens is 228 g/mol. The smallest absolute Gasteiger partial charge is 0.339 e. The summed E-state index contributed by atoms with van der Waals surface area (Å²) < 4.78 is 4.86. The number of methoxy groups -OCH3 is 1. The van der Waals surface area contributed by atoms with E-state index in [1.54, 1.807) is 0 Å². The van der Waals surface area contributed by atoms with E-state index in [0.717, 1.165) is 31.7 Å². The Labute approximate surface area is 108 Å². The minimum atomic E-state index is -0.265. The predicted molar refractivity (Wildman–Crippen MR) is 72.1 cm³/mol. The second-order valence-electron chi connectivity index (χ2n) is 4.47. The Bertz CT molecular complexity index is 420. The molecule has 1 aliphatic rings. The van der Waals surface area contributed by atoms with Gasteiger partial charge in [-0.25, -0.2) is 4.79 Å². The van der Waals surface area contributed by atoms with Crippen molar-refractivity contribution >= 4 is 11.7 Å². The van der Waals surface area contributed by atoms with Crippen molar-refractivity contribution in [3.63, 3.8) is 0 Å². The van der Waals surface area contributed by atoms with Gasteiger partial charge in [0.1, 0.15) is 0 Å². The van der Waals surface area contributed by atoms with Crippen molar-refractivity contribution < 1.29 is 9.53 Å². The molecular formula is C14H20N2O2. The monoisotopic (exact) mass is 248 g/mol. The number of nitrogens with one attached hydrogen (secondary N) is 1. The number of benzene rings is 1. The van der Waals surface area contributed by atoms with E-state index in [9.17, 15) is 4.79 Å². The fourth-order valence-electron chi connectivity index (χ4n) is 2.45. The third-order valence-electron chi connectivity index (χ3n) is 3.44. The average molecular weight is 248 g/mol. The van der Waals surface area contributed by atoms with Gasteiger partial charge in [-0.3, -0.25) is 0 Å². The first-order valence-electron chi connectivity index (χ1n) is 6.42. The van der Waals surface area contributed by atoms with E-state index < -0.39 is 0 Å². The van der Waals surface area contributed by atoms with Gasteiger partial charge in [0.25, 0.3) is 0 Å². The lowest BCUT2D eigenvalue weighted by atomic mass is 10.1. The Hall–Kier alpha value is -1.55. The van der Waals surface area contributed by atoms with Crippen molar-refractivity contribution in [3.8, 4) is 0 Å². The molecule has 1 saturated heterocycles. The zero-order valence-electron chi connectivity index (χ0n) is 11.0. The van der Waals surface area contributed by atoms with Crippen LogP contribution in [0, 0.1) is 0 Å². The fourth-order valence-corrected chi connectivity index (χ4v) is 2.45. The Morgan fingerprint density at radius 2 is 2.28 bits per heavy atom. The molecule has 0 spiro atoms. The van der Waals surface area contributed by atoms with E-state index in [0.29, 0.717) is 11.6 Å². The summed E-state index contributed by atoms with van der Waals surface area (Å²) in [4.78, 5) is 14.1. The quantitative estimate of drug-likeness (QED) is 0.826. The highest BCUT2D eigenvalue weighted by molar-refractivity contribution is 5.95. The summed E-state index contributed by atoms with van der Waals surface area (Å²) in [6.07, 6.45) is 1.06. The van der Waals surface area contributed by atoms with Gasteiger partial charge >= 0.3 is 5.97 Å². The minimum Gasteiger partial charge on any atom is -0.465 e. The zero-order chi connectivity index (χ0) is 13.0. The summed E-state index contributed by atoms with van der Waals surface area (Å²) in [7, 11) is 1.42. The van der Waals surface area contributed by atoms with Crippen molar-refractivity contribution in [1.29, 1.82) is 0 Å². The number of hydrogen-bond donors (Lipinski definition) is 1. The number of para-hydroxylation sites is 1. The maximum atomic E-state index is 11.8. The highest BCUT2D eigenvalue weighted by atomic mass is 16.5. The SMILES string of the molecule is CC[C@H]1CNCCN1c1ccccc1C(=O)OC. The standard InChI is InChI=1S/C14H20N2O2/c1-3-11-10-15-8-9-16(11)13-7-5-4-6-12(13)14(17)18-2/h4-7,11,15H,3,8-10H2,1-2H3/t11-/m0/s1. The van der Waals surface area contributed by atoms with Gasteiger partial charge in [0, 0.05) is 25.7 Å². The first-order valence-corrected chi connectivity index (χ1v) is 6.42. The molecule has 0 aliphatic carbocycles. The van der Waals surface area contributed by atoms with E-state index in [-0.39, 0.29) is 5.97 Å². The van der Waals surface area contributed by atoms with Gasteiger partial charge in [0.2, 0.25) is 0 Å². The van der Waals surface area contributed by atoms with E-state index in [2.05, 4.69) is 17.1 Å². The van der Waals surface area contributed by atoms with Gasteiger partial charge in [-0.2, -0.15) is 0 Å². The van der Waals surface area contributed by atoms with E-state index >= 15 is 0 Å². The zero-order valence-corrected chi connectivity index (χ0v) is 11.0. The first-order chi connectivity index (χ1) is 8.77. The maximum absolute atomic E-state index is 11.8. The van der Waals surface area contributed by atoms with Crippen LogP contribution in [0.1, 0.15) is 23.7 Å². The number of nitrogens with zero attached hydrogens (tertiary/aromatic N) is 1. The van der Waals surface area contributed by atoms with Crippen LogP contribution in [-0.2, 0) is 4.74 Å². The molecule has 4 heteroatoms. The lowest BCUT2D eigenvalue weighted by Crippen LogP contribution is -2.51. The summed E-state index contributed by atoms with van der Waals surface area (Å²) in [6, 6.07) is 8.11. The van der Waals surface area contributed by atoms with E-state index in [4.69, 9.17) is 4.74 Å². The molecule has 1 atom stereocenters. The highest BCUT2D eigenvalue weighted by Gasteiger charge is 2.24. The van der Waals surface area contributed by atoms with Gasteiger partial charge in [-0.05, 0) is 18.6 Å². The molecule has 18 heavy (non-hydrogen) atoms. The van der Waals surface area contributed by atoms with Crippen molar-refractivity contribution in [2.75, 3.05) is 31.6 Å². The lowest BCUT2D eigenvalue weighted by molar-refractivity contribution is 0.0601. The number of carbonyl (C=O) groups excluding carboxylic acids is 1. The van der Waals surface area contributed by atoms with Crippen molar-refractivity contribution in [1.82, 2.24) is 5.32 Å². The number of carbonyl (C=O) groups is 1. The number of ether oxygens (including phenoxy) is 1. The number of hydrogen-bond acceptors (Lipinski definition) is 4. The Morgan fingerprint density at radius 1 is 1.50 bits per heavy atom. The normalized spacial score (nSPS) is 19.7. The van der Waals surface area contributed by atoms with E-state index in [1.807, 2.05) is 24.3 Å². The molecule has 2 rings (SSSR count). The second kappa shape index (κ2) is 5.87. The van der Waals surface area contributed by atoms with Crippen LogP contribution < -0.4 is 10.2 Å². The highest BCUT2D eigenvalue weighted by Crippen LogP contribution is 2.25. The number of anilines is 1. The molecule has 1 N–H and O–H groups in total. The minimum absolute atomic E-state index is 0.265. The van der Waals surface area contributed by atoms with Gasteiger partial charge < -0.3 is 15.0 Å². The molecule has 98 valence electrons. The first kappa shape index (κ1) is 12.9. The van der Waals surface area contributed by atoms with Crippen molar-refractivity contribution in [2.24, 2.45) is 0 Å². The summed E-state index contributed by atoms with van der Waals surface area (Å²) in [6.45, 7) is 5.01. The Balaban J connectivity index is 2.33. The van der Waals surface area contributed by atoms with Crippen LogP contribution in [0.5, 0.6) is 0 Å². The lowest BCUT2D eigenvalue weighted by Gasteiger charge is -2.38. The molecule has 1 aromatic carbocycles. The third-order valence-corrected chi connectivity index (χ3v) is 3.44. The molecule has 0 saturated carbocycles. The predicted octanol–water partition coefficient (Wildman–Crippen LogP) is 1.66. The average Bonchev–Trinajstić information content (AvgIpc) is 2.46. The molecule has 0 aromatic heterocycles. The molecule has 0 bridgehead atoms. The van der Waals surface area contributed by atoms with Gasteiger partial charge in [0.15, 0.2) is 0 Å². The van der Waals surface area contributed by atoms with Crippen molar-refractivity contribution in [3.05, 3.63) is 29.8 Å². The molecule has 0 amide bonds. The molecule has 0 unspecified atom stereocenters. The number of esters is 1. The van der Waals surface area contributed by atoms with Gasteiger partial charge in [-0.1, -0.05) is 19.1 Å². The van der Waals surface area contributed by atoms with Crippen LogP contribution in [0.3, 0.4) is 0 Å². The summed E-state index contributed by atoms with van der Waals surface area (Å²) >= 11 is 0. The van der Waals surface area contributed by atoms with Crippen LogP contribution in [0.25, 0.3) is 0 Å².